The van der Waals surface area contributed by atoms with E-state index in [1.165, 1.54) is 0 Å². The Kier molecular flexibility index (Phi) is 3.17. The van der Waals surface area contributed by atoms with Crippen LogP contribution >= 0.6 is 0 Å². The minimum atomic E-state index is -4.60. The van der Waals surface area contributed by atoms with Crippen LogP contribution in [0.1, 0.15) is 0 Å². The topological polar surface area (TPSA) is 133 Å². The normalized spacial score (nSPS) is 14.0. The van der Waals surface area contributed by atoms with E-state index >= 15 is 0 Å². The van der Waals surface area contributed by atoms with Crippen molar-refractivity contribution in [2.75, 3.05) is 6.54 Å². The Morgan fingerprint density at radius 2 is 2.18 bits per heavy atom. The first kappa shape index (κ1) is 10.1. The third kappa shape index (κ3) is 3.70. The van der Waals surface area contributed by atoms with Crippen LogP contribution in [0, 0.1) is 10.1 Å². The fourth-order valence-corrected chi connectivity index (χ4v) is 0.737. The zero-order valence-corrected chi connectivity index (χ0v) is 6.02. The van der Waals surface area contributed by atoms with Gasteiger partial charge in [0.25, 0.3) is 15.2 Å². The standard InChI is InChI=1S/C2H6N2O6S/c3-1-2(10-4(5)6)11(7,8)9/h2H,1,3H2,(H,7,8,9). The largest absolute Gasteiger partial charge is 0.327 e. The van der Waals surface area contributed by atoms with Crippen LogP contribution in [0.5, 0.6) is 0 Å². The summed E-state index contributed by atoms with van der Waals surface area (Å²) in [6, 6.07) is 0. The van der Waals surface area contributed by atoms with E-state index in [1.807, 2.05) is 0 Å². The molecule has 0 bridgehead atoms. The molecule has 0 aliphatic heterocycles. The van der Waals surface area contributed by atoms with Gasteiger partial charge < -0.3 is 5.73 Å². The quantitative estimate of drug-likeness (QED) is 0.305. The second-order valence-electron chi connectivity index (χ2n) is 1.51. The molecule has 0 spiro atoms. The van der Waals surface area contributed by atoms with Crippen LogP contribution in [0.2, 0.25) is 0 Å². The molecule has 0 saturated heterocycles. The minimum Gasteiger partial charge on any atom is -0.327 e. The number of hydrogen-bond acceptors (Lipinski definition) is 6. The van der Waals surface area contributed by atoms with Gasteiger partial charge in [-0.15, -0.1) is 10.1 Å². The molecule has 1 atom stereocenters. The van der Waals surface area contributed by atoms with E-state index in [2.05, 4.69) is 4.84 Å². The summed E-state index contributed by atoms with van der Waals surface area (Å²) in [6.07, 6.45) is 0. The van der Waals surface area contributed by atoms with E-state index in [9.17, 15) is 18.5 Å². The second-order valence-corrected chi connectivity index (χ2v) is 3.06. The molecule has 0 saturated carbocycles. The first-order valence-electron chi connectivity index (χ1n) is 2.35. The van der Waals surface area contributed by atoms with Gasteiger partial charge in [-0.3, -0.25) is 9.39 Å². The van der Waals surface area contributed by atoms with Crippen molar-refractivity contribution in [2.45, 2.75) is 5.44 Å². The summed E-state index contributed by atoms with van der Waals surface area (Å²) in [7, 11) is -4.60. The fraction of sp³-hybridized carbons (Fsp3) is 1.00. The van der Waals surface area contributed by atoms with Crippen LogP contribution in [-0.4, -0.2) is 30.0 Å². The van der Waals surface area contributed by atoms with Gasteiger partial charge in [0, 0.05) is 6.54 Å². The van der Waals surface area contributed by atoms with Gasteiger partial charge in [0.2, 0.25) is 5.44 Å². The Morgan fingerprint density at radius 1 is 1.73 bits per heavy atom. The summed E-state index contributed by atoms with van der Waals surface area (Å²) >= 11 is 0. The number of nitrogens with two attached hydrogens (primary N) is 1. The lowest BCUT2D eigenvalue weighted by atomic mass is 10.7. The Hall–Kier alpha value is -0.930. The summed E-state index contributed by atoms with van der Waals surface area (Å²) in [5.74, 6) is 0. The lowest BCUT2D eigenvalue weighted by molar-refractivity contribution is -0.761. The van der Waals surface area contributed by atoms with E-state index < -0.39 is 27.2 Å². The highest BCUT2D eigenvalue weighted by Crippen LogP contribution is 1.98. The monoisotopic (exact) mass is 186 g/mol. The predicted molar refractivity (Wildman–Crippen MR) is 32.5 cm³/mol. The van der Waals surface area contributed by atoms with Crippen molar-refractivity contribution >= 4 is 10.1 Å². The molecule has 0 aromatic rings. The third-order valence-corrected chi connectivity index (χ3v) is 1.67. The molecule has 11 heavy (non-hydrogen) atoms. The lowest BCUT2D eigenvalue weighted by Gasteiger charge is -2.07. The van der Waals surface area contributed by atoms with Crippen molar-refractivity contribution in [3.8, 4) is 0 Å². The number of nitrogens with zero attached hydrogens (tertiary/aromatic N) is 1. The molecule has 1 unspecified atom stereocenters. The molecule has 9 heteroatoms. The van der Waals surface area contributed by atoms with Gasteiger partial charge in [-0.2, -0.15) is 8.42 Å². The van der Waals surface area contributed by atoms with Crippen LogP contribution in [-0.2, 0) is 15.0 Å². The summed E-state index contributed by atoms with van der Waals surface area (Å²) in [5, 5.41) is 8.23. The van der Waals surface area contributed by atoms with Crippen molar-refractivity contribution in [1.82, 2.24) is 0 Å². The maximum Gasteiger partial charge on any atom is 0.295 e. The van der Waals surface area contributed by atoms with Crippen LogP contribution in [0.15, 0.2) is 0 Å². The first-order chi connectivity index (χ1) is 4.88. The van der Waals surface area contributed by atoms with Crippen LogP contribution < -0.4 is 5.73 Å². The van der Waals surface area contributed by atoms with Crippen molar-refractivity contribution in [3.05, 3.63) is 10.1 Å². The van der Waals surface area contributed by atoms with E-state index in [0.717, 1.165) is 0 Å². The van der Waals surface area contributed by atoms with Gasteiger partial charge in [0.05, 0.1) is 0 Å². The SMILES string of the molecule is NCC(O[N+](=O)[O-])S(=O)(=O)O. The molecule has 0 fully saturated rings. The van der Waals surface area contributed by atoms with Crippen molar-refractivity contribution < 1.29 is 22.9 Å². The highest BCUT2D eigenvalue weighted by molar-refractivity contribution is 7.86. The molecular formula is C2H6N2O6S. The average molecular weight is 186 g/mol. The molecular weight excluding hydrogens is 180 g/mol. The van der Waals surface area contributed by atoms with Gasteiger partial charge in [0.15, 0.2) is 0 Å². The van der Waals surface area contributed by atoms with Gasteiger partial charge in [-0.1, -0.05) is 0 Å². The molecule has 0 radical (unpaired) electrons. The zero-order chi connectivity index (χ0) is 9.07. The van der Waals surface area contributed by atoms with Crippen LogP contribution in [0.25, 0.3) is 0 Å². The average Bonchev–Trinajstić information content (AvgIpc) is 1.79. The van der Waals surface area contributed by atoms with E-state index in [1.54, 1.807) is 0 Å². The molecule has 0 aromatic carbocycles. The third-order valence-electron chi connectivity index (χ3n) is 0.728. The zero-order valence-electron chi connectivity index (χ0n) is 5.21. The smallest absolute Gasteiger partial charge is 0.295 e. The van der Waals surface area contributed by atoms with Gasteiger partial charge in [0.1, 0.15) is 0 Å². The van der Waals surface area contributed by atoms with Crippen molar-refractivity contribution in [3.63, 3.8) is 0 Å². The highest BCUT2D eigenvalue weighted by atomic mass is 32.2. The van der Waals surface area contributed by atoms with Crippen LogP contribution in [0.3, 0.4) is 0 Å². The Labute approximate surface area is 61.8 Å². The molecule has 8 nitrogen and oxygen atoms in total. The molecule has 0 amide bonds. The maximum atomic E-state index is 10.1. The molecule has 3 N–H and O–H groups in total. The van der Waals surface area contributed by atoms with E-state index in [4.69, 9.17) is 10.3 Å². The predicted octanol–water partition coefficient (Wildman–Crippen LogP) is -1.63. The second kappa shape index (κ2) is 3.46. The van der Waals surface area contributed by atoms with Crippen molar-refractivity contribution in [2.24, 2.45) is 5.73 Å². The van der Waals surface area contributed by atoms with E-state index in [-0.39, 0.29) is 0 Å². The number of rotatable bonds is 4. The van der Waals surface area contributed by atoms with Crippen molar-refractivity contribution in [1.29, 1.82) is 0 Å². The number of hydrogen-bond donors (Lipinski definition) is 2. The maximum absolute atomic E-state index is 10.1. The summed E-state index contributed by atoms with van der Waals surface area (Å²) in [5.41, 5.74) is 2.74. The lowest BCUT2D eigenvalue weighted by Crippen LogP contribution is -2.33. The Morgan fingerprint density at radius 3 is 2.27 bits per heavy atom. The Balaban J connectivity index is 4.31. The molecule has 0 heterocycles. The van der Waals surface area contributed by atoms with Gasteiger partial charge in [-0.05, 0) is 0 Å². The minimum absolute atomic E-state index is 0.681. The highest BCUT2D eigenvalue weighted by Gasteiger charge is 2.24. The van der Waals surface area contributed by atoms with Crippen LogP contribution in [0.4, 0.5) is 0 Å². The summed E-state index contributed by atoms with van der Waals surface area (Å²) < 4.78 is 28.5. The molecule has 0 aliphatic carbocycles. The molecule has 0 aromatic heterocycles. The summed E-state index contributed by atoms with van der Waals surface area (Å²) in [4.78, 5) is 13.1. The van der Waals surface area contributed by atoms with Gasteiger partial charge in [-0.25, -0.2) is 0 Å². The summed E-state index contributed by atoms with van der Waals surface area (Å²) in [6.45, 7) is -0.681. The van der Waals surface area contributed by atoms with Gasteiger partial charge >= 0.3 is 0 Å². The Bertz CT molecular complexity index is 233. The first-order valence-corrected chi connectivity index (χ1v) is 3.85. The molecule has 0 aliphatic rings. The van der Waals surface area contributed by atoms with E-state index in [0.29, 0.717) is 0 Å². The fourth-order valence-electron chi connectivity index (χ4n) is 0.315. The molecule has 66 valence electrons. The molecule has 0 rings (SSSR count).